The first-order valence-corrected chi connectivity index (χ1v) is 10.8. The highest BCUT2D eigenvalue weighted by Crippen LogP contribution is 2.18. The number of fused-ring (bicyclic) bond motifs is 1. The molecule has 0 aromatic heterocycles. The first-order valence-electron chi connectivity index (χ1n) is 10.8. The Morgan fingerprint density at radius 2 is 1.31 bits per heavy atom. The van der Waals surface area contributed by atoms with Crippen LogP contribution < -0.4 is 0 Å². The van der Waals surface area contributed by atoms with Crippen LogP contribution in [0.1, 0.15) is 34.2 Å². The second kappa shape index (κ2) is 10.1. The van der Waals surface area contributed by atoms with E-state index in [1.807, 2.05) is 30.3 Å². The zero-order valence-electron chi connectivity index (χ0n) is 17.9. The molecule has 4 rings (SSSR count). The second-order valence-corrected chi connectivity index (χ2v) is 7.91. The molecule has 0 radical (unpaired) electrons. The average Bonchev–Trinajstić information content (AvgIpc) is 2.81. The molecule has 0 saturated heterocycles. The molecule has 0 heterocycles. The lowest BCUT2D eigenvalue weighted by atomic mass is 10.0. The Morgan fingerprint density at radius 3 is 2.06 bits per heavy atom. The van der Waals surface area contributed by atoms with E-state index in [9.17, 15) is 8.78 Å². The molecule has 0 atom stereocenters. The summed E-state index contributed by atoms with van der Waals surface area (Å²) in [5.41, 5.74) is 4.65. The first-order chi connectivity index (χ1) is 15.6. The Bertz CT molecular complexity index is 1300. The third kappa shape index (κ3) is 5.50. The summed E-state index contributed by atoms with van der Waals surface area (Å²) in [5.74, 6) is 5.37. The van der Waals surface area contributed by atoms with E-state index in [2.05, 4.69) is 42.7 Å². The molecule has 0 aliphatic rings. The van der Waals surface area contributed by atoms with Gasteiger partial charge in [0.2, 0.25) is 0 Å². The number of hydrogen-bond acceptors (Lipinski definition) is 0. The standard InChI is InChI=1S/C30H24F2/c1-2-3-4-22-5-7-23(8-6-22)9-10-25-12-15-26(30(32)20-25)14-11-24-13-16-28-21-29(31)18-17-27(28)19-24/h2,5-8,12-13,15-21H,1,3-4,9-10H2. The topological polar surface area (TPSA) is 0 Å². The highest BCUT2D eigenvalue weighted by molar-refractivity contribution is 5.84. The van der Waals surface area contributed by atoms with Gasteiger partial charge in [0.15, 0.2) is 0 Å². The predicted molar refractivity (Wildman–Crippen MR) is 129 cm³/mol. The first kappa shape index (κ1) is 21.5. The molecule has 0 aliphatic heterocycles. The van der Waals surface area contributed by atoms with Crippen LogP contribution in [0, 0.1) is 23.5 Å². The molecular weight excluding hydrogens is 398 g/mol. The maximum Gasteiger partial charge on any atom is 0.139 e. The van der Waals surface area contributed by atoms with Gasteiger partial charge >= 0.3 is 0 Å². The minimum absolute atomic E-state index is 0.265. The quantitative estimate of drug-likeness (QED) is 0.224. The maximum atomic E-state index is 14.6. The molecule has 0 aliphatic carbocycles. The summed E-state index contributed by atoms with van der Waals surface area (Å²) in [6, 6.07) is 24.0. The Kier molecular flexibility index (Phi) is 6.78. The molecule has 0 fully saturated rings. The monoisotopic (exact) mass is 422 g/mol. The fourth-order valence-electron chi connectivity index (χ4n) is 3.68. The van der Waals surface area contributed by atoms with Crippen LogP contribution in [0.3, 0.4) is 0 Å². The van der Waals surface area contributed by atoms with Gasteiger partial charge in [-0.3, -0.25) is 0 Å². The van der Waals surface area contributed by atoms with Crippen LogP contribution in [0.15, 0.2) is 91.5 Å². The van der Waals surface area contributed by atoms with Crippen LogP contribution in [-0.4, -0.2) is 0 Å². The van der Waals surface area contributed by atoms with Crippen LogP contribution >= 0.6 is 0 Å². The van der Waals surface area contributed by atoms with Crippen LogP contribution in [0.4, 0.5) is 8.78 Å². The highest BCUT2D eigenvalue weighted by atomic mass is 19.1. The number of rotatable bonds is 6. The number of benzene rings is 4. The Morgan fingerprint density at radius 1 is 0.656 bits per heavy atom. The van der Waals surface area contributed by atoms with E-state index in [4.69, 9.17) is 0 Å². The Balaban J connectivity index is 1.41. The molecule has 0 saturated carbocycles. The van der Waals surface area contributed by atoms with Crippen molar-refractivity contribution in [3.8, 4) is 11.8 Å². The molecular formula is C30H24F2. The average molecular weight is 423 g/mol. The van der Waals surface area contributed by atoms with E-state index in [1.165, 1.54) is 23.3 Å². The number of halogens is 2. The van der Waals surface area contributed by atoms with Crippen LogP contribution in [-0.2, 0) is 19.3 Å². The van der Waals surface area contributed by atoms with Crippen LogP contribution in [0.5, 0.6) is 0 Å². The summed E-state index contributed by atoms with van der Waals surface area (Å²) in [5, 5.41) is 1.72. The molecule has 4 aromatic rings. The van der Waals surface area contributed by atoms with Gasteiger partial charge in [-0.05, 0) is 89.5 Å². The maximum absolute atomic E-state index is 14.6. The summed E-state index contributed by atoms with van der Waals surface area (Å²) in [4.78, 5) is 0. The molecule has 0 nitrogen and oxygen atoms in total. The third-order valence-electron chi connectivity index (χ3n) is 5.54. The zero-order chi connectivity index (χ0) is 22.3. The fraction of sp³-hybridized carbons (Fsp3) is 0.133. The van der Waals surface area contributed by atoms with Gasteiger partial charge < -0.3 is 0 Å². The molecule has 0 unspecified atom stereocenters. The lowest BCUT2D eigenvalue weighted by Crippen LogP contribution is -1.94. The van der Waals surface area contributed by atoms with Gasteiger partial charge in [0, 0.05) is 5.56 Å². The lowest BCUT2D eigenvalue weighted by molar-refractivity contribution is 0.621. The highest BCUT2D eigenvalue weighted by Gasteiger charge is 2.03. The van der Waals surface area contributed by atoms with Gasteiger partial charge in [-0.1, -0.05) is 60.4 Å². The van der Waals surface area contributed by atoms with Crippen molar-refractivity contribution in [2.45, 2.75) is 25.7 Å². The Hall–Kier alpha value is -3.70. The van der Waals surface area contributed by atoms with Gasteiger partial charge in [-0.15, -0.1) is 6.58 Å². The molecule has 4 aromatic carbocycles. The molecule has 0 amide bonds. The molecule has 0 spiro atoms. The van der Waals surface area contributed by atoms with E-state index in [0.29, 0.717) is 5.56 Å². The van der Waals surface area contributed by atoms with Crippen molar-refractivity contribution in [2.75, 3.05) is 0 Å². The van der Waals surface area contributed by atoms with Gasteiger partial charge in [-0.25, -0.2) is 8.78 Å². The van der Waals surface area contributed by atoms with Gasteiger partial charge in [0.25, 0.3) is 0 Å². The van der Waals surface area contributed by atoms with Crippen molar-refractivity contribution in [3.63, 3.8) is 0 Å². The summed E-state index contributed by atoms with van der Waals surface area (Å²) < 4.78 is 27.9. The molecule has 158 valence electrons. The summed E-state index contributed by atoms with van der Waals surface area (Å²) >= 11 is 0. The smallest absolute Gasteiger partial charge is 0.139 e. The van der Waals surface area contributed by atoms with Crippen molar-refractivity contribution >= 4 is 10.8 Å². The largest absolute Gasteiger partial charge is 0.207 e. The minimum Gasteiger partial charge on any atom is -0.207 e. The summed E-state index contributed by atoms with van der Waals surface area (Å²) in [6.07, 6.45) is 5.56. The molecule has 0 bridgehead atoms. The third-order valence-corrected chi connectivity index (χ3v) is 5.54. The number of hydrogen-bond donors (Lipinski definition) is 0. The van der Waals surface area contributed by atoms with E-state index in [1.54, 1.807) is 18.2 Å². The van der Waals surface area contributed by atoms with Gasteiger partial charge in [0.05, 0.1) is 5.56 Å². The molecule has 32 heavy (non-hydrogen) atoms. The van der Waals surface area contributed by atoms with Crippen molar-refractivity contribution < 1.29 is 8.78 Å². The zero-order valence-corrected chi connectivity index (χ0v) is 17.9. The van der Waals surface area contributed by atoms with Crippen LogP contribution in [0.25, 0.3) is 10.8 Å². The number of aryl methyl sites for hydroxylation is 3. The fourth-order valence-corrected chi connectivity index (χ4v) is 3.68. The summed E-state index contributed by atoms with van der Waals surface area (Å²) in [6.45, 7) is 3.76. The number of allylic oxidation sites excluding steroid dienone is 1. The van der Waals surface area contributed by atoms with E-state index in [-0.39, 0.29) is 11.6 Å². The van der Waals surface area contributed by atoms with Crippen molar-refractivity contribution in [2.24, 2.45) is 0 Å². The van der Waals surface area contributed by atoms with Crippen molar-refractivity contribution in [3.05, 3.63) is 131 Å². The normalized spacial score (nSPS) is 10.6. The van der Waals surface area contributed by atoms with Gasteiger partial charge in [-0.2, -0.15) is 0 Å². The summed E-state index contributed by atoms with van der Waals surface area (Å²) in [7, 11) is 0. The lowest BCUT2D eigenvalue weighted by Gasteiger charge is -2.05. The van der Waals surface area contributed by atoms with Crippen LogP contribution in [0.2, 0.25) is 0 Å². The molecule has 2 heteroatoms. The van der Waals surface area contributed by atoms with Gasteiger partial charge in [0.1, 0.15) is 11.6 Å². The Labute approximate surface area is 188 Å². The van der Waals surface area contributed by atoms with E-state index < -0.39 is 0 Å². The predicted octanol–water partition coefficient (Wildman–Crippen LogP) is 7.42. The second-order valence-electron chi connectivity index (χ2n) is 7.91. The van der Waals surface area contributed by atoms with E-state index in [0.717, 1.165) is 47.6 Å². The van der Waals surface area contributed by atoms with E-state index >= 15 is 0 Å². The van der Waals surface area contributed by atoms with Crippen molar-refractivity contribution in [1.82, 2.24) is 0 Å². The molecule has 0 N–H and O–H groups in total. The van der Waals surface area contributed by atoms with Crippen molar-refractivity contribution in [1.29, 1.82) is 0 Å². The SMILES string of the molecule is C=CCCc1ccc(CCc2ccc(C#Cc3ccc4cc(F)ccc4c3)c(F)c2)cc1. The minimum atomic E-state index is -0.308.